The van der Waals surface area contributed by atoms with Crippen molar-refractivity contribution in [3.63, 3.8) is 0 Å². The van der Waals surface area contributed by atoms with Crippen molar-refractivity contribution in [2.45, 2.75) is 24.9 Å². The van der Waals surface area contributed by atoms with Gasteiger partial charge in [0, 0.05) is 13.3 Å². The van der Waals surface area contributed by atoms with E-state index in [1.807, 2.05) is 0 Å². The summed E-state index contributed by atoms with van der Waals surface area (Å²) in [5, 5.41) is 30.6. The molecule has 2 rings (SSSR count). The van der Waals surface area contributed by atoms with Gasteiger partial charge in [-0.1, -0.05) is 0 Å². The minimum Gasteiger partial charge on any atom is -0.394 e. The van der Waals surface area contributed by atoms with E-state index in [-0.39, 0.29) is 5.82 Å². The van der Waals surface area contributed by atoms with Crippen LogP contribution in [0.25, 0.3) is 11.0 Å². The van der Waals surface area contributed by atoms with E-state index in [0.29, 0.717) is 11.0 Å². The van der Waals surface area contributed by atoms with Crippen LogP contribution in [0.3, 0.4) is 0 Å². The molecule has 0 saturated heterocycles. The summed E-state index contributed by atoms with van der Waals surface area (Å²) >= 11 is 0. The van der Waals surface area contributed by atoms with Crippen LogP contribution in [-0.2, 0) is 4.74 Å². The van der Waals surface area contributed by atoms with Gasteiger partial charge < -0.3 is 30.4 Å². The molecule has 0 spiro atoms. The number of anilines is 1. The summed E-state index contributed by atoms with van der Waals surface area (Å²) in [7, 11) is 1.34. The van der Waals surface area contributed by atoms with Crippen LogP contribution in [-0.4, -0.2) is 55.3 Å². The van der Waals surface area contributed by atoms with E-state index in [9.17, 15) is 15.3 Å². The first kappa shape index (κ1) is 14.7. The topological polar surface area (TPSA) is 127 Å². The third kappa shape index (κ3) is 2.22. The molecule has 0 bridgehead atoms. The summed E-state index contributed by atoms with van der Waals surface area (Å²) in [5.41, 5.74) is 4.39. The molecule has 0 aromatic carbocycles. The number of aliphatic hydroxyl groups excluding tert-OH is 2. The van der Waals surface area contributed by atoms with Gasteiger partial charge in [-0.25, -0.2) is 9.97 Å². The van der Waals surface area contributed by atoms with Crippen LogP contribution >= 0.6 is 0 Å². The lowest BCUT2D eigenvalue weighted by atomic mass is 9.97. The fraction of sp³-hybridized carbons (Fsp3) is 0.500. The van der Waals surface area contributed by atoms with E-state index in [0.717, 1.165) is 0 Å². The number of methoxy groups -OCH3 is 1. The lowest BCUT2D eigenvalue weighted by Crippen LogP contribution is -2.49. The van der Waals surface area contributed by atoms with E-state index >= 15 is 0 Å². The molecule has 0 aliphatic carbocycles. The van der Waals surface area contributed by atoms with Crippen molar-refractivity contribution in [2.24, 2.45) is 0 Å². The summed E-state index contributed by atoms with van der Waals surface area (Å²) in [6.45, 7) is 0.940. The molecule has 5 N–H and O–H groups in total. The lowest BCUT2D eigenvalue weighted by molar-refractivity contribution is -0.180. The summed E-state index contributed by atoms with van der Waals surface area (Å²) < 4.78 is 6.34. The maximum absolute atomic E-state index is 10.4. The highest BCUT2D eigenvalue weighted by Gasteiger charge is 2.40. The van der Waals surface area contributed by atoms with Crippen molar-refractivity contribution >= 4 is 16.9 Å². The van der Waals surface area contributed by atoms with Crippen LogP contribution in [0.1, 0.15) is 13.2 Å². The van der Waals surface area contributed by atoms with Crippen molar-refractivity contribution in [1.29, 1.82) is 0 Å². The molecule has 0 aliphatic rings. The van der Waals surface area contributed by atoms with Crippen LogP contribution in [0.4, 0.5) is 5.82 Å². The Bertz CT molecular complexity index is 594. The maximum Gasteiger partial charge on any atom is 0.163 e. The van der Waals surface area contributed by atoms with Gasteiger partial charge in [0.15, 0.2) is 6.23 Å². The molecule has 0 fully saturated rings. The van der Waals surface area contributed by atoms with Crippen LogP contribution in [0.5, 0.6) is 0 Å². The summed E-state index contributed by atoms with van der Waals surface area (Å²) in [6.07, 6.45) is 0.495. The number of nitrogen functional groups attached to an aromatic ring is 1. The van der Waals surface area contributed by atoms with E-state index in [1.54, 1.807) is 12.3 Å². The van der Waals surface area contributed by atoms with Gasteiger partial charge in [0.05, 0.1) is 12.0 Å². The van der Waals surface area contributed by atoms with Crippen molar-refractivity contribution in [3.05, 3.63) is 18.6 Å². The van der Waals surface area contributed by atoms with Crippen molar-refractivity contribution in [2.75, 3.05) is 19.5 Å². The van der Waals surface area contributed by atoms with Gasteiger partial charge in [0.25, 0.3) is 0 Å². The van der Waals surface area contributed by atoms with Crippen molar-refractivity contribution in [3.8, 4) is 0 Å². The smallest absolute Gasteiger partial charge is 0.163 e. The fourth-order valence-electron chi connectivity index (χ4n) is 2.13. The van der Waals surface area contributed by atoms with Gasteiger partial charge in [0.1, 0.15) is 29.5 Å². The van der Waals surface area contributed by atoms with E-state index in [1.165, 1.54) is 24.9 Å². The van der Waals surface area contributed by atoms with Crippen molar-refractivity contribution in [1.82, 2.24) is 14.5 Å². The normalized spacial score (nSPS) is 17.9. The number of nitrogens with zero attached hydrogens (tertiary/aromatic N) is 3. The molecule has 0 saturated carbocycles. The zero-order valence-corrected chi connectivity index (χ0v) is 11.3. The second-order valence-corrected chi connectivity index (χ2v) is 4.73. The Morgan fingerprint density at radius 2 is 2.20 bits per heavy atom. The van der Waals surface area contributed by atoms with Crippen molar-refractivity contribution < 1.29 is 20.1 Å². The number of ether oxygens (including phenoxy) is 1. The third-order valence-electron chi connectivity index (χ3n) is 3.43. The standard InChI is InChI=1S/C12H18N4O4/c1-12(19,8(5-17)20-2)11(18)16-4-3-7-9(13)14-6-15-10(7)16/h3-4,6,8,11,17-19H,5H2,1-2H3,(H2,13,14,15)/t8-,11-,12+/m1/s1. The SMILES string of the molecule is CO[C@H](CO)[C@](C)(O)[C@@H](O)n1ccc2c(N)ncnc21. The average molecular weight is 282 g/mol. The number of rotatable bonds is 5. The zero-order valence-electron chi connectivity index (χ0n) is 11.3. The Morgan fingerprint density at radius 1 is 1.50 bits per heavy atom. The average Bonchev–Trinajstić information content (AvgIpc) is 2.84. The molecule has 8 heteroatoms. The second-order valence-electron chi connectivity index (χ2n) is 4.73. The largest absolute Gasteiger partial charge is 0.394 e. The van der Waals surface area contributed by atoms with Crippen LogP contribution in [0.2, 0.25) is 0 Å². The van der Waals surface area contributed by atoms with Gasteiger partial charge in [-0.05, 0) is 13.0 Å². The number of aliphatic hydroxyl groups is 3. The molecule has 0 amide bonds. The predicted molar refractivity (Wildman–Crippen MR) is 71.7 cm³/mol. The molecule has 8 nitrogen and oxygen atoms in total. The number of hydrogen-bond acceptors (Lipinski definition) is 7. The van der Waals surface area contributed by atoms with Gasteiger partial charge in [-0.15, -0.1) is 0 Å². The Labute approximate surface area is 115 Å². The van der Waals surface area contributed by atoms with E-state index < -0.39 is 24.5 Å². The molecular formula is C12H18N4O4. The molecule has 2 aromatic rings. The Morgan fingerprint density at radius 3 is 2.80 bits per heavy atom. The Hall–Kier alpha value is -1.74. The molecule has 2 aromatic heterocycles. The molecule has 0 radical (unpaired) electrons. The summed E-state index contributed by atoms with van der Waals surface area (Å²) in [6, 6.07) is 1.64. The highest BCUT2D eigenvalue weighted by molar-refractivity contribution is 5.86. The fourth-order valence-corrected chi connectivity index (χ4v) is 2.13. The number of hydrogen-bond donors (Lipinski definition) is 4. The minimum atomic E-state index is -1.71. The van der Waals surface area contributed by atoms with Crippen LogP contribution < -0.4 is 5.73 Å². The Kier molecular flexibility index (Phi) is 3.91. The third-order valence-corrected chi connectivity index (χ3v) is 3.43. The molecular weight excluding hydrogens is 264 g/mol. The van der Waals surface area contributed by atoms with Crippen LogP contribution in [0, 0.1) is 0 Å². The number of aromatic nitrogens is 3. The maximum atomic E-state index is 10.4. The first-order chi connectivity index (χ1) is 9.43. The van der Waals surface area contributed by atoms with E-state index in [4.69, 9.17) is 10.5 Å². The predicted octanol–water partition coefficient (Wildman–Crippen LogP) is -0.737. The quantitative estimate of drug-likeness (QED) is 0.569. The highest BCUT2D eigenvalue weighted by Crippen LogP contribution is 2.29. The van der Waals surface area contributed by atoms with E-state index in [2.05, 4.69) is 9.97 Å². The lowest BCUT2D eigenvalue weighted by Gasteiger charge is -2.35. The molecule has 3 atom stereocenters. The number of fused-ring (bicyclic) bond motifs is 1. The van der Waals surface area contributed by atoms with Crippen LogP contribution in [0.15, 0.2) is 18.6 Å². The number of nitrogens with two attached hydrogens (primary N) is 1. The second kappa shape index (κ2) is 5.33. The van der Waals surface area contributed by atoms with Gasteiger partial charge >= 0.3 is 0 Å². The monoisotopic (exact) mass is 282 g/mol. The van der Waals surface area contributed by atoms with Gasteiger partial charge in [-0.2, -0.15) is 0 Å². The molecule has 20 heavy (non-hydrogen) atoms. The summed E-state index contributed by atoms with van der Waals surface area (Å²) in [4.78, 5) is 7.90. The van der Waals surface area contributed by atoms with Gasteiger partial charge in [-0.3, -0.25) is 0 Å². The Balaban J connectivity index is 2.46. The molecule has 0 aliphatic heterocycles. The highest BCUT2D eigenvalue weighted by atomic mass is 16.5. The zero-order chi connectivity index (χ0) is 14.9. The molecule has 2 heterocycles. The first-order valence-electron chi connectivity index (χ1n) is 6.04. The first-order valence-corrected chi connectivity index (χ1v) is 6.04. The molecule has 110 valence electrons. The van der Waals surface area contributed by atoms with Gasteiger partial charge in [0.2, 0.25) is 0 Å². The molecule has 0 unspecified atom stereocenters. The minimum absolute atomic E-state index is 0.283. The summed E-state index contributed by atoms with van der Waals surface area (Å²) in [5.74, 6) is 0.283.